The summed E-state index contributed by atoms with van der Waals surface area (Å²) in [5.74, 6) is -2.85. The summed E-state index contributed by atoms with van der Waals surface area (Å²) in [6.45, 7) is 1.73. The van der Waals surface area contributed by atoms with Crippen LogP contribution in [-0.2, 0) is 16.1 Å². The van der Waals surface area contributed by atoms with Crippen LogP contribution in [0.1, 0.15) is 43.6 Å². The molecule has 0 radical (unpaired) electrons. The van der Waals surface area contributed by atoms with E-state index in [0.29, 0.717) is 12.1 Å². The van der Waals surface area contributed by atoms with E-state index in [-0.39, 0.29) is 33.9 Å². The molecular formula is C26H20ClFN2O5. The first-order valence-corrected chi connectivity index (χ1v) is 11.1. The zero-order valence-corrected chi connectivity index (χ0v) is 19.4. The van der Waals surface area contributed by atoms with E-state index >= 15 is 0 Å². The highest BCUT2D eigenvalue weighted by Crippen LogP contribution is 2.33. The number of carbonyl (C=O) groups is 4. The summed E-state index contributed by atoms with van der Waals surface area (Å²) in [6, 6.07) is 16.3. The number of fused-ring (bicyclic) bond motifs is 1. The van der Waals surface area contributed by atoms with Crippen LogP contribution in [0.25, 0.3) is 0 Å². The van der Waals surface area contributed by atoms with Gasteiger partial charge in [-0.05, 0) is 55.0 Å². The molecule has 35 heavy (non-hydrogen) atoms. The number of hydrogen-bond donors (Lipinski definition) is 0. The molecule has 0 bridgehead atoms. The lowest BCUT2D eigenvalue weighted by atomic mass is 10.1. The van der Waals surface area contributed by atoms with Crippen LogP contribution in [0.5, 0.6) is 0 Å². The van der Waals surface area contributed by atoms with Crippen LogP contribution in [-0.4, -0.2) is 41.7 Å². The van der Waals surface area contributed by atoms with E-state index in [0.717, 1.165) is 4.90 Å². The van der Waals surface area contributed by atoms with Crippen molar-refractivity contribution in [3.63, 3.8) is 0 Å². The van der Waals surface area contributed by atoms with Crippen LogP contribution in [0.15, 0.2) is 66.7 Å². The summed E-state index contributed by atoms with van der Waals surface area (Å²) in [7, 11) is 0. The first kappa shape index (κ1) is 24.1. The number of rotatable bonds is 7. The molecule has 1 heterocycles. The van der Waals surface area contributed by atoms with Crippen LogP contribution in [0.4, 0.5) is 10.1 Å². The Hall–Kier alpha value is -4.04. The van der Waals surface area contributed by atoms with Crippen molar-refractivity contribution < 1.29 is 28.3 Å². The number of ether oxygens (including phenoxy) is 1. The Morgan fingerprint density at radius 3 is 2.43 bits per heavy atom. The number of nitrogens with zero attached hydrogens (tertiary/aromatic N) is 2. The molecule has 0 spiro atoms. The molecule has 0 fully saturated rings. The van der Waals surface area contributed by atoms with Crippen molar-refractivity contribution in [2.45, 2.75) is 13.5 Å². The normalized spacial score (nSPS) is 12.5. The van der Waals surface area contributed by atoms with Gasteiger partial charge in [0.05, 0.1) is 27.4 Å². The van der Waals surface area contributed by atoms with Crippen molar-refractivity contribution in [2.75, 3.05) is 18.1 Å². The van der Waals surface area contributed by atoms with Crippen molar-refractivity contribution in [1.29, 1.82) is 0 Å². The Kier molecular flexibility index (Phi) is 6.93. The average molecular weight is 495 g/mol. The molecule has 7 nitrogen and oxygen atoms in total. The number of imide groups is 1. The smallest absolute Gasteiger partial charge is 0.338 e. The van der Waals surface area contributed by atoms with Gasteiger partial charge in [-0.1, -0.05) is 35.9 Å². The Morgan fingerprint density at radius 2 is 1.71 bits per heavy atom. The molecule has 0 aromatic heterocycles. The van der Waals surface area contributed by atoms with E-state index in [1.54, 1.807) is 43.3 Å². The largest absolute Gasteiger partial charge is 0.452 e. The Balaban J connectivity index is 1.44. The quantitative estimate of drug-likeness (QED) is 0.357. The second kappa shape index (κ2) is 10.1. The van der Waals surface area contributed by atoms with Crippen molar-refractivity contribution in [3.8, 4) is 0 Å². The summed E-state index contributed by atoms with van der Waals surface area (Å²) >= 11 is 6.15. The summed E-state index contributed by atoms with van der Waals surface area (Å²) in [5, 5.41) is 0.235. The summed E-state index contributed by atoms with van der Waals surface area (Å²) in [4.78, 5) is 53.2. The van der Waals surface area contributed by atoms with Gasteiger partial charge in [0.2, 0.25) is 0 Å². The number of hydrogen-bond acceptors (Lipinski definition) is 5. The predicted molar refractivity (Wildman–Crippen MR) is 127 cm³/mol. The topological polar surface area (TPSA) is 84.0 Å². The highest BCUT2D eigenvalue weighted by Gasteiger charge is 2.38. The molecule has 3 aromatic rings. The van der Waals surface area contributed by atoms with Gasteiger partial charge in [-0.15, -0.1) is 0 Å². The minimum Gasteiger partial charge on any atom is -0.452 e. The van der Waals surface area contributed by atoms with Crippen molar-refractivity contribution in [3.05, 3.63) is 99.8 Å². The lowest BCUT2D eigenvalue weighted by Gasteiger charge is -2.21. The van der Waals surface area contributed by atoms with Gasteiger partial charge in [0, 0.05) is 13.1 Å². The number of halogens is 2. The van der Waals surface area contributed by atoms with Gasteiger partial charge in [0.25, 0.3) is 17.7 Å². The van der Waals surface area contributed by atoms with Gasteiger partial charge < -0.3 is 9.64 Å². The minimum absolute atomic E-state index is 0.0203. The lowest BCUT2D eigenvalue weighted by molar-refractivity contribution is -0.134. The third kappa shape index (κ3) is 4.93. The van der Waals surface area contributed by atoms with Crippen LogP contribution in [0, 0.1) is 5.82 Å². The van der Waals surface area contributed by atoms with Gasteiger partial charge in [0.1, 0.15) is 5.82 Å². The third-order valence-electron chi connectivity index (χ3n) is 5.54. The van der Waals surface area contributed by atoms with Crippen LogP contribution in [0.3, 0.4) is 0 Å². The van der Waals surface area contributed by atoms with Gasteiger partial charge in [-0.3, -0.25) is 14.4 Å². The first-order chi connectivity index (χ1) is 16.8. The molecule has 3 amide bonds. The molecule has 4 rings (SSSR count). The van der Waals surface area contributed by atoms with Crippen molar-refractivity contribution in [2.24, 2.45) is 0 Å². The molecule has 0 N–H and O–H groups in total. The number of esters is 1. The fourth-order valence-electron chi connectivity index (χ4n) is 3.75. The molecule has 0 saturated heterocycles. The van der Waals surface area contributed by atoms with E-state index in [4.69, 9.17) is 16.3 Å². The predicted octanol–water partition coefficient (Wildman–Crippen LogP) is 4.49. The SMILES string of the molecule is CCN(Cc1cccc(F)c1)C(=O)COC(=O)c1ccc2c(c1)C(=O)N(c1ccccc1Cl)C2=O. The van der Waals surface area contributed by atoms with Crippen LogP contribution >= 0.6 is 11.6 Å². The minimum atomic E-state index is -0.820. The zero-order valence-electron chi connectivity index (χ0n) is 18.7. The highest BCUT2D eigenvalue weighted by molar-refractivity contribution is 6.39. The van der Waals surface area contributed by atoms with Gasteiger partial charge in [-0.25, -0.2) is 14.1 Å². The molecule has 0 atom stereocenters. The fourth-order valence-corrected chi connectivity index (χ4v) is 3.97. The maximum absolute atomic E-state index is 13.4. The summed E-state index contributed by atoms with van der Waals surface area (Å²) in [6.07, 6.45) is 0. The molecule has 9 heteroatoms. The monoisotopic (exact) mass is 494 g/mol. The number of carbonyl (C=O) groups excluding carboxylic acids is 4. The number of para-hydroxylation sites is 1. The Bertz CT molecular complexity index is 1340. The second-order valence-electron chi connectivity index (χ2n) is 7.77. The average Bonchev–Trinajstić information content (AvgIpc) is 3.10. The number of anilines is 1. The molecule has 0 aliphatic carbocycles. The first-order valence-electron chi connectivity index (χ1n) is 10.8. The standard InChI is InChI=1S/C26H20ClFN2O5/c1-2-29(14-16-6-5-7-18(28)12-16)23(31)15-35-26(34)17-10-11-19-20(13-17)25(33)30(24(19)32)22-9-4-3-8-21(22)27/h3-13H,2,14-15H2,1H3. The maximum atomic E-state index is 13.4. The zero-order chi connectivity index (χ0) is 25.1. The third-order valence-corrected chi connectivity index (χ3v) is 5.86. The van der Waals surface area contributed by atoms with Gasteiger partial charge in [0.15, 0.2) is 6.61 Å². The second-order valence-corrected chi connectivity index (χ2v) is 8.18. The molecule has 1 aliphatic heterocycles. The van der Waals surface area contributed by atoms with Gasteiger partial charge in [-0.2, -0.15) is 0 Å². The molecule has 178 valence electrons. The highest BCUT2D eigenvalue weighted by atomic mass is 35.5. The van der Waals surface area contributed by atoms with E-state index in [9.17, 15) is 23.6 Å². The number of likely N-dealkylation sites (N-methyl/N-ethyl adjacent to an activating group) is 1. The lowest BCUT2D eigenvalue weighted by Crippen LogP contribution is -2.34. The van der Waals surface area contributed by atoms with Crippen molar-refractivity contribution in [1.82, 2.24) is 4.90 Å². The molecule has 0 saturated carbocycles. The molecule has 3 aromatic carbocycles. The fraction of sp³-hybridized carbons (Fsp3) is 0.154. The van der Waals surface area contributed by atoms with E-state index in [1.807, 2.05) is 0 Å². The number of amides is 3. The van der Waals surface area contributed by atoms with E-state index in [1.165, 1.54) is 35.2 Å². The van der Waals surface area contributed by atoms with Crippen molar-refractivity contribution >= 4 is 41.0 Å². The van der Waals surface area contributed by atoms with E-state index in [2.05, 4.69) is 0 Å². The van der Waals surface area contributed by atoms with Gasteiger partial charge >= 0.3 is 5.97 Å². The summed E-state index contributed by atoms with van der Waals surface area (Å²) < 4.78 is 18.6. The Labute approximate surface area is 205 Å². The van der Waals surface area contributed by atoms with Crippen LogP contribution in [0.2, 0.25) is 5.02 Å². The number of benzene rings is 3. The van der Waals surface area contributed by atoms with E-state index < -0.39 is 36.1 Å². The van der Waals surface area contributed by atoms with Crippen LogP contribution < -0.4 is 4.90 Å². The molecule has 0 unspecified atom stereocenters. The Morgan fingerprint density at radius 1 is 0.971 bits per heavy atom. The maximum Gasteiger partial charge on any atom is 0.338 e. The molecular weight excluding hydrogens is 475 g/mol. The molecule has 1 aliphatic rings. The summed E-state index contributed by atoms with van der Waals surface area (Å²) in [5.41, 5.74) is 1.04.